The van der Waals surface area contributed by atoms with E-state index in [9.17, 15) is 9.59 Å². The molecule has 1 atom stereocenters. The zero-order valence-corrected chi connectivity index (χ0v) is 12.2. The van der Waals surface area contributed by atoms with Crippen LogP contribution in [0.1, 0.15) is 24.9 Å². The van der Waals surface area contributed by atoms with Crippen LogP contribution in [0.5, 0.6) is 0 Å². The van der Waals surface area contributed by atoms with E-state index in [1.165, 1.54) is 11.8 Å². The summed E-state index contributed by atoms with van der Waals surface area (Å²) in [6.45, 7) is 4.05. The van der Waals surface area contributed by atoms with Gasteiger partial charge in [0.2, 0.25) is 0 Å². The Hall–Kier alpha value is -1.82. The highest BCUT2D eigenvalue weighted by molar-refractivity contribution is 8.00. The van der Waals surface area contributed by atoms with E-state index in [4.69, 9.17) is 4.74 Å². The third kappa shape index (κ3) is 3.39. The minimum Gasteiger partial charge on any atom is -0.465 e. The van der Waals surface area contributed by atoms with Gasteiger partial charge in [-0.05, 0) is 26.0 Å². The summed E-state index contributed by atoms with van der Waals surface area (Å²) in [6.07, 6.45) is 0. The summed E-state index contributed by atoms with van der Waals surface area (Å²) in [5.41, 5.74) is 0.504. The standard InChI is InChI=1S/C14H16N2O3S/c1-3-19-12(17)8-20-9(2)13-15-11-7-5-4-6-10(11)14(18)16-13/h4-7,9H,3,8H2,1-2H3,(H,15,16,18). The van der Waals surface area contributed by atoms with Crippen LogP contribution in [0.25, 0.3) is 10.9 Å². The summed E-state index contributed by atoms with van der Waals surface area (Å²) in [5.74, 6) is 0.557. The smallest absolute Gasteiger partial charge is 0.315 e. The number of H-pyrrole nitrogens is 1. The zero-order valence-electron chi connectivity index (χ0n) is 11.4. The minimum atomic E-state index is -0.257. The molecule has 1 N–H and O–H groups in total. The Balaban J connectivity index is 2.16. The average molecular weight is 292 g/mol. The van der Waals surface area contributed by atoms with Crippen LogP contribution in [0.3, 0.4) is 0 Å². The van der Waals surface area contributed by atoms with Crippen molar-refractivity contribution in [2.75, 3.05) is 12.4 Å². The van der Waals surface area contributed by atoms with Crippen LogP contribution in [0.15, 0.2) is 29.1 Å². The molecule has 0 amide bonds. The molecule has 2 rings (SSSR count). The SMILES string of the molecule is CCOC(=O)CSC(C)c1nc2ccccc2c(=O)[nH]1. The van der Waals surface area contributed by atoms with Crippen molar-refractivity contribution in [2.45, 2.75) is 19.1 Å². The quantitative estimate of drug-likeness (QED) is 0.856. The number of carbonyl (C=O) groups is 1. The Morgan fingerprint density at radius 2 is 2.20 bits per heavy atom. The number of thioether (sulfide) groups is 1. The molecule has 0 aliphatic heterocycles. The lowest BCUT2D eigenvalue weighted by molar-refractivity contribution is -0.139. The number of esters is 1. The first-order valence-corrected chi connectivity index (χ1v) is 7.43. The number of nitrogens with one attached hydrogen (secondary N) is 1. The first-order chi connectivity index (χ1) is 9.61. The van der Waals surface area contributed by atoms with E-state index in [1.54, 1.807) is 25.1 Å². The monoisotopic (exact) mass is 292 g/mol. The summed E-state index contributed by atoms with van der Waals surface area (Å²) in [5, 5.41) is 0.482. The molecule has 1 heterocycles. The molecule has 6 heteroatoms. The molecular weight excluding hydrogens is 276 g/mol. The molecule has 0 bridgehead atoms. The molecule has 0 aliphatic carbocycles. The predicted octanol–water partition coefficient (Wildman–Crippen LogP) is 2.28. The molecule has 5 nitrogen and oxygen atoms in total. The van der Waals surface area contributed by atoms with Gasteiger partial charge in [-0.15, -0.1) is 11.8 Å². The van der Waals surface area contributed by atoms with Gasteiger partial charge < -0.3 is 9.72 Å². The Labute approximate surface area is 120 Å². The molecule has 20 heavy (non-hydrogen) atoms. The van der Waals surface area contributed by atoms with E-state index in [1.807, 2.05) is 13.0 Å². The number of para-hydroxylation sites is 1. The van der Waals surface area contributed by atoms with Crippen molar-refractivity contribution in [1.29, 1.82) is 0 Å². The van der Waals surface area contributed by atoms with Crippen LogP contribution in [-0.2, 0) is 9.53 Å². The lowest BCUT2D eigenvalue weighted by Crippen LogP contribution is -2.14. The van der Waals surface area contributed by atoms with Crippen LogP contribution in [0.2, 0.25) is 0 Å². The van der Waals surface area contributed by atoms with Gasteiger partial charge in [0.15, 0.2) is 0 Å². The first-order valence-electron chi connectivity index (χ1n) is 6.38. The minimum absolute atomic E-state index is 0.0864. The number of hydrogen-bond donors (Lipinski definition) is 1. The van der Waals surface area contributed by atoms with E-state index >= 15 is 0 Å². The summed E-state index contributed by atoms with van der Waals surface area (Å²) < 4.78 is 4.87. The molecule has 1 aromatic carbocycles. The van der Waals surface area contributed by atoms with Gasteiger partial charge in [-0.1, -0.05) is 12.1 Å². The van der Waals surface area contributed by atoms with Gasteiger partial charge in [0, 0.05) is 0 Å². The van der Waals surface area contributed by atoms with Crippen LogP contribution in [0.4, 0.5) is 0 Å². The van der Waals surface area contributed by atoms with Gasteiger partial charge in [-0.25, -0.2) is 4.98 Å². The van der Waals surface area contributed by atoms with Gasteiger partial charge in [-0.3, -0.25) is 9.59 Å². The Bertz CT molecular complexity index is 669. The number of fused-ring (bicyclic) bond motifs is 1. The van der Waals surface area contributed by atoms with Crippen molar-refractivity contribution in [2.24, 2.45) is 0 Å². The number of aromatic nitrogens is 2. The molecule has 0 fully saturated rings. The van der Waals surface area contributed by atoms with Crippen LogP contribution >= 0.6 is 11.8 Å². The molecule has 0 aliphatic rings. The lowest BCUT2D eigenvalue weighted by Gasteiger charge is -2.10. The number of hydrogen-bond acceptors (Lipinski definition) is 5. The van der Waals surface area contributed by atoms with E-state index in [0.29, 0.717) is 23.3 Å². The Morgan fingerprint density at radius 1 is 1.45 bits per heavy atom. The fourth-order valence-corrected chi connectivity index (χ4v) is 2.51. The molecular formula is C14H16N2O3S. The maximum atomic E-state index is 11.9. The van der Waals surface area contributed by atoms with E-state index < -0.39 is 0 Å². The molecule has 0 saturated carbocycles. The normalized spacial score (nSPS) is 12.3. The van der Waals surface area contributed by atoms with Crippen molar-refractivity contribution in [3.8, 4) is 0 Å². The van der Waals surface area contributed by atoms with Gasteiger partial charge >= 0.3 is 5.97 Å². The number of rotatable bonds is 5. The van der Waals surface area contributed by atoms with Gasteiger partial charge in [0.1, 0.15) is 5.82 Å². The largest absolute Gasteiger partial charge is 0.465 e. The fraction of sp³-hybridized carbons (Fsp3) is 0.357. The first kappa shape index (κ1) is 14.6. The summed E-state index contributed by atoms with van der Waals surface area (Å²) in [7, 11) is 0. The molecule has 106 valence electrons. The van der Waals surface area contributed by atoms with Crippen LogP contribution in [-0.4, -0.2) is 28.3 Å². The molecule has 0 spiro atoms. The Kier molecular flexibility index (Phi) is 4.79. The second-order valence-corrected chi connectivity index (χ2v) is 5.56. The van der Waals surface area contributed by atoms with Crippen LogP contribution in [0, 0.1) is 0 Å². The number of aromatic amines is 1. The average Bonchev–Trinajstić information content (AvgIpc) is 2.45. The summed E-state index contributed by atoms with van der Waals surface area (Å²) >= 11 is 1.39. The summed E-state index contributed by atoms with van der Waals surface area (Å²) in [6, 6.07) is 7.19. The number of benzene rings is 1. The Morgan fingerprint density at radius 3 is 2.95 bits per heavy atom. The van der Waals surface area contributed by atoms with Crippen molar-refractivity contribution in [3.05, 3.63) is 40.4 Å². The van der Waals surface area contributed by atoms with Gasteiger partial charge in [0.05, 0.1) is 28.5 Å². The lowest BCUT2D eigenvalue weighted by atomic mass is 10.2. The van der Waals surface area contributed by atoms with Crippen molar-refractivity contribution in [3.63, 3.8) is 0 Å². The molecule has 0 radical (unpaired) electrons. The van der Waals surface area contributed by atoms with Crippen LogP contribution < -0.4 is 5.56 Å². The predicted molar refractivity (Wildman–Crippen MR) is 79.9 cm³/mol. The maximum absolute atomic E-state index is 11.9. The zero-order chi connectivity index (χ0) is 14.5. The molecule has 1 aromatic heterocycles. The van der Waals surface area contributed by atoms with Crippen molar-refractivity contribution in [1.82, 2.24) is 9.97 Å². The van der Waals surface area contributed by atoms with Gasteiger partial charge in [-0.2, -0.15) is 0 Å². The van der Waals surface area contributed by atoms with Gasteiger partial charge in [0.25, 0.3) is 5.56 Å². The number of nitrogens with zero attached hydrogens (tertiary/aromatic N) is 1. The molecule has 2 aromatic rings. The number of carbonyl (C=O) groups excluding carboxylic acids is 1. The van der Waals surface area contributed by atoms with Crippen molar-refractivity contribution >= 4 is 28.6 Å². The van der Waals surface area contributed by atoms with E-state index in [-0.39, 0.29) is 22.5 Å². The fourth-order valence-electron chi connectivity index (χ4n) is 1.77. The third-order valence-electron chi connectivity index (χ3n) is 2.77. The van der Waals surface area contributed by atoms with E-state index in [0.717, 1.165) is 0 Å². The maximum Gasteiger partial charge on any atom is 0.315 e. The third-order valence-corrected chi connectivity index (χ3v) is 3.90. The second kappa shape index (κ2) is 6.56. The van der Waals surface area contributed by atoms with Crippen molar-refractivity contribution < 1.29 is 9.53 Å². The summed E-state index contributed by atoms with van der Waals surface area (Å²) in [4.78, 5) is 30.5. The topological polar surface area (TPSA) is 72.0 Å². The highest BCUT2D eigenvalue weighted by atomic mass is 32.2. The number of ether oxygens (including phenoxy) is 1. The molecule has 1 unspecified atom stereocenters. The highest BCUT2D eigenvalue weighted by Gasteiger charge is 2.13. The van der Waals surface area contributed by atoms with E-state index in [2.05, 4.69) is 9.97 Å². The second-order valence-electron chi connectivity index (χ2n) is 4.23. The highest BCUT2D eigenvalue weighted by Crippen LogP contribution is 2.25. The molecule has 0 saturated heterocycles.